The zero-order valence-electron chi connectivity index (χ0n) is 21.3. The third-order valence-electron chi connectivity index (χ3n) is 7.17. The summed E-state index contributed by atoms with van der Waals surface area (Å²) in [4.78, 5) is 43.8. The van der Waals surface area contributed by atoms with E-state index in [0.29, 0.717) is 25.1 Å². The van der Waals surface area contributed by atoms with E-state index in [2.05, 4.69) is 24.1 Å². The third-order valence-corrected chi connectivity index (χ3v) is 7.17. The van der Waals surface area contributed by atoms with E-state index in [-0.39, 0.29) is 30.9 Å². The van der Waals surface area contributed by atoms with Gasteiger partial charge >= 0.3 is 5.97 Å². The molecule has 0 spiro atoms. The summed E-state index contributed by atoms with van der Waals surface area (Å²) < 4.78 is 5.30. The SMILES string of the molecule is CCOC(=O)[C@H]1[C@@H]2C(=O)N(CCCCO)[C@H](C(=O)Nc3ccc(N(CC)CC)cc3)[C@H]2C=C[C@H]1C. The lowest BCUT2D eigenvalue weighted by atomic mass is 9.70. The molecule has 5 atom stereocenters. The van der Waals surface area contributed by atoms with Crippen molar-refractivity contribution in [2.75, 3.05) is 43.1 Å². The topological polar surface area (TPSA) is 99.2 Å². The Morgan fingerprint density at radius 2 is 1.77 bits per heavy atom. The fourth-order valence-electron chi connectivity index (χ4n) is 5.39. The third kappa shape index (κ3) is 5.69. The minimum absolute atomic E-state index is 0.0209. The number of carbonyl (C=O) groups is 3. The normalized spacial score (nSPS) is 25.3. The van der Waals surface area contributed by atoms with Gasteiger partial charge in [-0.1, -0.05) is 19.1 Å². The second-order valence-electron chi connectivity index (χ2n) is 9.24. The largest absolute Gasteiger partial charge is 0.466 e. The monoisotopic (exact) mass is 485 g/mol. The Labute approximate surface area is 208 Å². The molecule has 0 saturated carbocycles. The first-order chi connectivity index (χ1) is 16.9. The molecule has 2 amide bonds. The molecule has 1 aromatic rings. The highest BCUT2D eigenvalue weighted by Gasteiger charge is 2.56. The highest BCUT2D eigenvalue weighted by Crippen LogP contribution is 2.44. The van der Waals surface area contributed by atoms with Gasteiger partial charge in [0.05, 0.1) is 18.4 Å². The van der Waals surface area contributed by atoms with Crippen molar-refractivity contribution in [1.82, 2.24) is 4.90 Å². The maximum absolute atomic E-state index is 13.6. The summed E-state index contributed by atoms with van der Waals surface area (Å²) in [7, 11) is 0. The number of nitrogens with zero attached hydrogens (tertiary/aromatic N) is 2. The van der Waals surface area contributed by atoms with Crippen LogP contribution in [-0.4, -0.2) is 66.7 Å². The number of benzene rings is 1. The lowest BCUT2D eigenvalue weighted by Crippen LogP contribution is -2.44. The van der Waals surface area contributed by atoms with Crippen LogP contribution in [0.25, 0.3) is 0 Å². The van der Waals surface area contributed by atoms with Crippen LogP contribution >= 0.6 is 0 Å². The minimum Gasteiger partial charge on any atom is -0.466 e. The van der Waals surface area contributed by atoms with Gasteiger partial charge in [-0.05, 0) is 63.8 Å². The van der Waals surface area contributed by atoms with Crippen LogP contribution in [-0.2, 0) is 19.1 Å². The molecule has 0 unspecified atom stereocenters. The Kier molecular flexibility index (Phi) is 9.32. The average Bonchev–Trinajstić information content (AvgIpc) is 3.12. The van der Waals surface area contributed by atoms with Gasteiger partial charge in [-0.25, -0.2) is 0 Å². The van der Waals surface area contributed by atoms with Crippen LogP contribution in [0.5, 0.6) is 0 Å². The number of fused-ring (bicyclic) bond motifs is 1. The second-order valence-corrected chi connectivity index (χ2v) is 9.24. The summed E-state index contributed by atoms with van der Waals surface area (Å²) in [6, 6.07) is 6.97. The van der Waals surface area contributed by atoms with E-state index >= 15 is 0 Å². The molecule has 2 N–H and O–H groups in total. The van der Waals surface area contributed by atoms with Crippen molar-refractivity contribution in [3.8, 4) is 0 Å². The molecule has 8 heteroatoms. The Balaban J connectivity index is 1.87. The number of nitrogens with one attached hydrogen (secondary N) is 1. The number of anilines is 2. The summed E-state index contributed by atoms with van der Waals surface area (Å²) >= 11 is 0. The van der Waals surface area contributed by atoms with Gasteiger partial charge in [-0.2, -0.15) is 0 Å². The molecule has 35 heavy (non-hydrogen) atoms. The van der Waals surface area contributed by atoms with Crippen molar-refractivity contribution in [2.24, 2.45) is 23.7 Å². The van der Waals surface area contributed by atoms with Gasteiger partial charge in [0, 0.05) is 43.5 Å². The molecule has 0 aromatic heterocycles. The van der Waals surface area contributed by atoms with Crippen LogP contribution in [0, 0.1) is 23.7 Å². The number of amides is 2. The van der Waals surface area contributed by atoms with Gasteiger partial charge in [-0.15, -0.1) is 0 Å². The Bertz CT molecular complexity index is 912. The van der Waals surface area contributed by atoms with Gasteiger partial charge in [-0.3, -0.25) is 14.4 Å². The molecule has 1 aliphatic carbocycles. The van der Waals surface area contributed by atoms with Crippen molar-refractivity contribution < 1.29 is 24.2 Å². The van der Waals surface area contributed by atoms with Crippen molar-refractivity contribution in [3.05, 3.63) is 36.4 Å². The number of esters is 1. The Morgan fingerprint density at radius 1 is 1.09 bits per heavy atom. The van der Waals surface area contributed by atoms with Gasteiger partial charge in [0.1, 0.15) is 6.04 Å². The molecule has 8 nitrogen and oxygen atoms in total. The van der Waals surface area contributed by atoms with Crippen LogP contribution in [0.1, 0.15) is 40.5 Å². The van der Waals surface area contributed by atoms with Crippen molar-refractivity contribution >= 4 is 29.2 Å². The van der Waals surface area contributed by atoms with Gasteiger partial charge in [0.15, 0.2) is 0 Å². The molecule has 1 heterocycles. The smallest absolute Gasteiger partial charge is 0.310 e. The minimum atomic E-state index is -0.727. The number of aliphatic hydroxyl groups is 1. The second kappa shape index (κ2) is 12.2. The lowest BCUT2D eigenvalue weighted by molar-refractivity contribution is -0.155. The highest BCUT2D eigenvalue weighted by atomic mass is 16.5. The quantitative estimate of drug-likeness (QED) is 0.284. The van der Waals surface area contributed by atoms with Crippen LogP contribution in [0.15, 0.2) is 36.4 Å². The number of carbonyl (C=O) groups excluding carboxylic acids is 3. The molecular formula is C27H39N3O5. The van der Waals surface area contributed by atoms with E-state index in [1.54, 1.807) is 11.8 Å². The van der Waals surface area contributed by atoms with Crippen LogP contribution in [0.2, 0.25) is 0 Å². The zero-order valence-corrected chi connectivity index (χ0v) is 21.3. The molecule has 0 radical (unpaired) electrons. The molecule has 2 aliphatic rings. The molecule has 1 aromatic carbocycles. The standard InChI is InChI=1S/C27H39N3O5/c1-5-29(6-2)20-13-11-19(12-14-20)28-25(32)24-21-15-10-18(4)22(27(34)35-7-3)23(21)26(33)30(24)16-8-9-17-31/h10-15,18,21-24,31H,5-9,16-17H2,1-4H3,(H,28,32)/t18-,21+,22-,23-,24+/m1/s1. The number of allylic oxidation sites excluding steroid dienone is 1. The van der Waals surface area contributed by atoms with E-state index in [1.807, 2.05) is 43.3 Å². The Hall–Kier alpha value is -2.87. The van der Waals surface area contributed by atoms with Crippen LogP contribution in [0.4, 0.5) is 11.4 Å². The fraction of sp³-hybridized carbons (Fsp3) is 0.593. The van der Waals surface area contributed by atoms with E-state index < -0.39 is 29.8 Å². The summed E-state index contributed by atoms with van der Waals surface area (Å²) in [6.07, 6.45) is 4.95. The zero-order chi connectivity index (χ0) is 25.5. The van der Waals surface area contributed by atoms with Gasteiger partial charge < -0.3 is 25.0 Å². The summed E-state index contributed by atoms with van der Waals surface area (Å²) in [5.41, 5.74) is 1.74. The van der Waals surface area contributed by atoms with E-state index in [1.165, 1.54) is 0 Å². The molecule has 3 rings (SSSR count). The number of hydrogen-bond donors (Lipinski definition) is 2. The first-order valence-electron chi connectivity index (χ1n) is 12.8. The van der Waals surface area contributed by atoms with Crippen LogP contribution < -0.4 is 10.2 Å². The molecule has 0 bridgehead atoms. The molecule has 192 valence electrons. The summed E-state index contributed by atoms with van der Waals surface area (Å²) in [5.74, 6) is -2.69. The lowest BCUT2D eigenvalue weighted by Gasteiger charge is -2.32. The molecular weight excluding hydrogens is 446 g/mol. The van der Waals surface area contributed by atoms with Gasteiger partial charge in [0.25, 0.3) is 0 Å². The molecule has 1 aliphatic heterocycles. The van der Waals surface area contributed by atoms with E-state index in [4.69, 9.17) is 4.74 Å². The number of hydrogen-bond acceptors (Lipinski definition) is 6. The Morgan fingerprint density at radius 3 is 2.37 bits per heavy atom. The maximum Gasteiger partial charge on any atom is 0.310 e. The fourth-order valence-corrected chi connectivity index (χ4v) is 5.39. The number of ether oxygens (including phenoxy) is 1. The van der Waals surface area contributed by atoms with Crippen molar-refractivity contribution in [2.45, 2.75) is 46.6 Å². The number of likely N-dealkylation sites (tertiary alicyclic amines) is 1. The first-order valence-corrected chi connectivity index (χ1v) is 12.8. The number of aliphatic hydroxyl groups excluding tert-OH is 1. The van der Waals surface area contributed by atoms with E-state index in [9.17, 15) is 19.5 Å². The maximum atomic E-state index is 13.6. The van der Waals surface area contributed by atoms with Crippen LogP contribution in [0.3, 0.4) is 0 Å². The first kappa shape index (κ1) is 26.7. The predicted octanol–water partition coefficient (Wildman–Crippen LogP) is 3.07. The van der Waals surface area contributed by atoms with Gasteiger partial charge in [0.2, 0.25) is 11.8 Å². The van der Waals surface area contributed by atoms with Crippen molar-refractivity contribution in [3.63, 3.8) is 0 Å². The number of unbranched alkanes of at least 4 members (excludes halogenated alkanes) is 1. The molecule has 1 fully saturated rings. The molecule has 1 saturated heterocycles. The average molecular weight is 486 g/mol. The highest BCUT2D eigenvalue weighted by molar-refractivity contribution is 6.01. The van der Waals surface area contributed by atoms with Crippen molar-refractivity contribution in [1.29, 1.82) is 0 Å². The summed E-state index contributed by atoms with van der Waals surface area (Å²) in [6.45, 7) is 10.2. The number of rotatable bonds is 11. The summed E-state index contributed by atoms with van der Waals surface area (Å²) in [5, 5.41) is 12.2. The predicted molar refractivity (Wildman–Crippen MR) is 136 cm³/mol. The van der Waals surface area contributed by atoms with E-state index in [0.717, 1.165) is 18.8 Å².